The van der Waals surface area contributed by atoms with Gasteiger partial charge in [-0.25, -0.2) is 0 Å². The summed E-state index contributed by atoms with van der Waals surface area (Å²) in [6.45, 7) is 4.52. The van der Waals surface area contributed by atoms with Gasteiger partial charge in [-0.1, -0.05) is 141 Å². The van der Waals surface area contributed by atoms with Crippen LogP contribution in [0, 0.1) is 0 Å². The summed E-state index contributed by atoms with van der Waals surface area (Å²) in [4.78, 5) is 21.1. The summed E-state index contributed by atoms with van der Waals surface area (Å²) in [6.07, 6.45) is 43.8. The number of amides is 2. The van der Waals surface area contributed by atoms with Crippen molar-refractivity contribution in [2.24, 2.45) is 11.5 Å². The van der Waals surface area contributed by atoms with Crippen LogP contribution in [0.4, 0.5) is 0 Å². The number of carbonyl (C=O) groups excluding carboxylic acids is 2. The molecule has 4 nitrogen and oxygen atoms in total. The van der Waals surface area contributed by atoms with Gasteiger partial charge in [-0.3, -0.25) is 9.59 Å². The van der Waals surface area contributed by atoms with E-state index in [9.17, 15) is 9.59 Å². The second-order valence-corrected chi connectivity index (χ2v) is 11.6. The Balaban J connectivity index is 0. The molecule has 4 N–H and O–H groups in total. The number of carbonyl (C=O) groups is 2. The molecule has 0 spiro atoms. The number of primary amides is 2. The van der Waals surface area contributed by atoms with Crippen molar-refractivity contribution in [3.8, 4) is 0 Å². The summed E-state index contributed by atoms with van der Waals surface area (Å²) in [7, 11) is 0. The van der Waals surface area contributed by atoms with Crippen molar-refractivity contribution >= 4 is 11.8 Å². The van der Waals surface area contributed by atoms with Gasteiger partial charge in [0.1, 0.15) is 0 Å². The Hall–Kier alpha value is -1.58. The highest BCUT2D eigenvalue weighted by Gasteiger charge is 1.96. The van der Waals surface area contributed by atoms with E-state index in [1.54, 1.807) is 0 Å². The normalized spacial score (nSPS) is 11.2. The molecule has 0 aliphatic heterocycles. The maximum Gasteiger partial charge on any atom is 0.217 e. The fourth-order valence-electron chi connectivity index (χ4n) is 4.74. The zero-order valence-corrected chi connectivity index (χ0v) is 27.1. The van der Waals surface area contributed by atoms with Crippen LogP contribution in [0.15, 0.2) is 24.3 Å². The average Bonchev–Trinajstić information content (AvgIpc) is 2.93. The van der Waals surface area contributed by atoms with Crippen LogP contribution in [-0.4, -0.2) is 11.8 Å². The van der Waals surface area contributed by atoms with Gasteiger partial charge < -0.3 is 11.5 Å². The number of rotatable bonds is 30. The molecule has 236 valence electrons. The first kappa shape index (κ1) is 40.6. The summed E-state index contributed by atoms with van der Waals surface area (Å²) in [5.41, 5.74) is 10.2. The Labute approximate surface area is 250 Å². The Kier molecular flexibility index (Phi) is 37.9. The van der Waals surface area contributed by atoms with Gasteiger partial charge in [-0.2, -0.15) is 0 Å². The van der Waals surface area contributed by atoms with E-state index in [2.05, 4.69) is 38.2 Å². The minimum absolute atomic E-state index is 0.161. The summed E-state index contributed by atoms with van der Waals surface area (Å²) < 4.78 is 0. The Bertz CT molecular complexity index is 521. The molecular weight excluding hydrogens is 492 g/mol. The van der Waals surface area contributed by atoms with Crippen LogP contribution >= 0.6 is 0 Å². The van der Waals surface area contributed by atoms with E-state index in [-0.39, 0.29) is 11.8 Å². The molecule has 0 rings (SSSR count). The minimum atomic E-state index is -0.161. The van der Waals surface area contributed by atoms with E-state index in [4.69, 9.17) is 11.5 Å². The maximum atomic E-state index is 10.5. The largest absolute Gasteiger partial charge is 0.370 e. The number of hydrogen-bond acceptors (Lipinski definition) is 2. The lowest BCUT2D eigenvalue weighted by Crippen LogP contribution is -2.09. The van der Waals surface area contributed by atoms with E-state index in [1.165, 1.54) is 141 Å². The molecule has 0 bridgehead atoms. The van der Waals surface area contributed by atoms with Crippen molar-refractivity contribution < 1.29 is 9.59 Å². The van der Waals surface area contributed by atoms with Crippen molar-refractivity contribution in [3.05, 3.63) is 24.3 Å². The third-order valence-corrected chi connectivity index (χ3v) is 7.37. The van der Waals surface area contributed by atoms with Crippen LogP contribution in [0.5, 0.6) is 0 Å². The minimum Gasteiger partial charge on any atom is -0.370 e. The molecule has 0 unspecified atom stereocenters. The molecule has 4 heteroatoms. The van der Waals surface area contributed by atoms with E-state index < -0.39 is 0 Å². The number of allylic oxidation sites excluding steroid dienone is 4. The molecule has 0 aromatic carbocycles. The van der Waals surface area contributed by atoms with Crippen molar-refractivity contribution in [3.63, 3.8) is 0 Å². The maximum absolute atomic E-state index is 10.5. The van der Waals surface area contributed by atoms with Crippen LogP contribution in [0.1, 0.15) is 194 Å². The summed E-state index contributed by atoms with van der Waals surface area (Å²) in [6, 6.07) is 0. The lowest BCUT2D eigenvalue weighted by molar-refractivity contribution is -0.119. The monoisotopic (exact) mass is 563 g/mol. The van der Waals surface area contributed by atoms with Crippen LogP contribution in [0.2, 0.25) is 0 Å². The van der Waals surface area contributed by atoms with E-state index in [0.717, 1.165) is 25.7 Å². The van der Waals surface area contributed by atoms with Gasteiger partial charge in [0.25, 0.3) is 0 Å². The van der Waals surface area contributed by atoms with E-state index in [1.807, 2.05) is 0 Å². The molecule has 0 aromatic heterocycles. The molecular formula is C36H70N2O2. The molecule has 0 aliphatic rings. The first-order valence-corrected chi connectivity index (χ1v) is 17.4. The average molecular weight is 563 g/mol. The summed E-state index contributed by atoms with van der Waals surface area (Å²) in [5, 5.41) is 0. The van der Waals surface area contributed by atoms with Gasteiger partial charge in [0, 0.05) is 12.8 Å². The van der Waals surface area contributed by atoms with Crippen LogP contribution in [-0.2, 0) is 9.59 Å². The van der Waals surface area contributed by atoms with Gasteiger partial charge in [0.05, 0.1) is 0 Å². The summed E-state index contributed by atoms with van der Waals surface area (Å²) >= 11 is 0. The van der Waals surface area contributed by atoms with E-state index in [0.29, 0.717) is 12.8 Å². The Morgan fingerprint density at radius 3 is 0.850 bits per heavy atom. The highest BCUT2D eigenvalue weighted by molar-refractivity contribution is 5.73. The molecule has 0 heterocycles. The molecule has 0 saturated carbocycles. The highest BCUT2D eigenvalue weighted by atomic mass is 16.1. The quantitative estimate of drug-likeness (QED) is 0.0673. The zero-order chi connectivity index (χ0) is 29.8. The van der Waals surface area contributed by atoms with Crippen molar-refractivity contribution in [2.75, 3.05) is 0 Å². The Morgan fingerprint density at radius 2 is 0.600 bits per heavy atom. The van der Waals surface area contributed by atoms with Crippen molar-refractivity contribution in [2.45, 2.75) is 194 Å². The van der Waals surface area contributed by atoms with Crippen LogP contribution in [0.3, 0.4) is 0 Å². The SMILES string of the molecule is CCCCCCC=CCCCCCCCCCC(N)=O.CCCCCCC=CCCCCCCCCCC(N)=O. The summed E-state index contributed by atoms with van der Waals surface area (Å²) in [5.74, 6) is -0.321. The zero-order valence-electron chi connectivity index (χ0n) is 27.1. The topological polar surface area (TPSA) is 86.2 Å². The lowest BCUT2D eigenvalue weighted by Gasteiger charge is -2.00. The van der Waals surface area contributed by atoms with Gasteiger partial charge in [0.15, 0.2) is 0 Å². The predicted octanol–water partition coefficient (Wildman–Crippen LogP) is 11.0. The molecule has 2 amide bonds. The standard InChI is InChI=1S/2C18H35NO/c2*1-2-3-4-5-6-7-8-9-10-11-12-13-14-15-16-17-18(19)20/h2*7-8H,2-6,9-17H2,1H3,(H2,19,20). The fraction of sp³-hybridized carbons (Fsp3) is 0.833. The number of unbranched alkanes of at least 4 members (excludes halogenated alkanes) is 22. The fourth-order valence-corrected chi connectivity index (χ4v) is 4.74. The highest BCUT2D eigenvalue weighted by Crippen LogP contribution is 2.12. The van der Waals surface area contributed by atoms with Gasteiger partial charge >= 0.3 is 0 Å². The van der Waals surface area contributed by atoms with Gasteiger partial charge in [-0.05, 0) is 64.2 Å². The van der Waals surface area contributed by atoms with Gasteiger partial charge in [-0.15, -0.1) is 0 Å². The first-order chi connectivity index (χ1) is 19.5. The molecule has 0 atom stereocenters. The Morgan fingerprint density at radius 1 is 0.375 bits per heavy atom. The molecule has 0 radical (unpaired) electrons. The third-order valence-electron chi connectivity index (χ3n) is 7.37. The molecule has 40 heavy (non-hydrogen) atoms. The third kappa shape index (κ3) is 43.5. The first-order valence-electron chi connectivity index (χ1n) is 17.4. The molecule has 0 aliphatic carbocycles. The lowest BCUT2D eigenvalue weighted by atomic mass is 10.1. The van der Waals surface area contributed by atoms with Crippen LogP contribution in [0.25, 0.3) is 0 Å². The smallest absolute Gasteiger partial charge is 0.217 e. The van der Waals surface area contributed by atoms with Crippen molar-refractivity contribution in [1.29, 1.82) is 0 Å². The molecule has 0 saturated heterocycles. The van der Waals surface area contributed by atoms with E-state index >= 15 is 0 Å². The second kappa shape index (κ2) is 37.4. The molecule has 0 aromatic rings. The number of nitrogens with two attached hydrogens (primary N) is 2. The number of hydrogen-bond donors (Lipinski definition) is 2. The van der Waals surface area contributed by atoms with Crippen molar-refractivity contribution in [1.82, 2.24) is 0 Å². The predicted molar refractivity (Wildman–Crippen MR) is 177 cm³/mol. The van der Waals surface area contributed by atoms with Crippen LogP contribution < -0.4 is 11.5 Å². The van der Waals surface area contributed by atoms with Gasteiger partial charge in [0.2, 0.25) is 11.8 Å². The second-order valence-electron chi connectivity index (χ2n) is 11.6. The molecule has 0 fully saturated rings.